The van der Waals surface area contributed by atoms with Crippen LogP contribution in [0.2, 0.25) is 0 Å². The van der Waals surface area contributed by atoms with Crippen LogP contribution in [-0.2, 0) is 14.6 Å². The van der Waals surface area contributed by atoms with Crippen LogP contribution in [0.3, 0.4) is 0 Å². The van der Waals surface area contributed by atoms with Crippen LogP contribution in [0.4, 0.5) is 0 Å². The second-order valence-electron chi connectivity index (χ2n) is 7.07. The summed E-state index contributed by atoms with van der Waals surface area (Å²) < 4.78 is 25.8. The Kier molecular flexibility index (Phi) is 5.13. The van der Waals surface area contributed by atoms with Gasteiger partial charge in [0.05, 0.1) is 21.7 Å². The first-order valence-corrected chi connectivity index (χ1v) is 11.8. The second kappa shape index (κ2) is 7.60. The van der Waals surface area contributed by atoms with Gasteiger partial charge in [0.15, 0.2) is 15.0 Å². The number of hydrogen-bond acceptors (Lipinski definition) is 6. The molecule has 1 fully saturated rings. The Balaban J connectivity index is 1.42. The van der Waals surface area contributed by atoms with Gasteiger partial charge >= 0.3 is 0 Å². The summed E-state index contributed by atoms with van der Waals surface area (Å²) in [5.74, 6) is -0.734. The number of thiazole rings is 1. The summed E-state index contributed by atoms with van der Waals surface area (Å²) in [5.41, 5.74) is 1.23. The molecule has 10 heteroatoms. The third-order valence-electron chi connectivity index (χ3n) is 4.78. The van der Waals surface area contributed by atoms with E-state index in [1.807, 2.05) is 29.1 Å². The highest BCUT2D eigenvalue weighted by Crippen LogP contribution is 2.26. The van der Waals surface area contributed by atoms with Crippen molar-refractivity contribution >= 4 is 43.2 Å². The average Bonchev–Trinajstić information content (AvgIpc) is 3.39. The lowest BCUT2D eigenvalue weighted by Gasteiger charge is -2.17. The fourth-order valence-corrected chi connectivity index (χ4v) is 5.85. The molecule has 2 aromatic heterocycles. The summed E-state index contributed by atoms with van der Waals surface area (Å²) in [6.45, 7) is 1.58. The molecule has 1 aliphatic rings. The summed E-state index contributed by atoms with van der Waals surface area (Å²) in [4.78, 5) is 29.4. The topological polar surface area (TPSA) is 110 Å². The number of carbonyl (C=O) groups excluding carboxylic acids is 2. The number of fused-ring (bicyclic) bond motifs is 1. The van der Waals surface area contributed by atoms with Gasteiger partial charge in [-0.05, 0) is 43.7 Å². The number of benzene rings is 1. The molecule has 0 saturated carbocycles. The highest BCUT2D eigenvalue weighted by molar-refractivity contribution is 7.91. The second-order valence-corrected chi connectivity index (χ2v) is 10.3. The van der Waals surface area contributed by atoms with Crippen molar-refractivity contribution in [3.05, 3.63) is 48.3 Å². The molecular weight excluding hydrogens is 412 g/mol. The highest BCUT2D eigenvalue weighted by atomic mass is 32.2. The molecule has 1 unspecified atom stereocenters. The van der Waals surface area contributed by atoms with E-state index in [9.17, 15) is 18.0 Å². The van der Waals surface area contributed by atoms with Gasteiger partial charge in [0, 0.05) is 24.0 Å². The maximum Gasteiger partial charge on any atom is 0.251 e. The lowest BCUT2D eigenvalue weighted by Crippen LogP contribution is -2.48. The van der Waals surface area contributed by atoms with Gasteiger partial charge < -0.3 is 15.2 Å². The normalized spacial score (nSPS) is 19.1. The van der Waals surface area contributed by atoms with Gasteiger partial charge in [-0.15, -0.1) is 0 Å². The number of nitrogens with one attached hydrogen (secondary N) is 2. The van der Waals surface area contributed by atoms with Crippen molar-refractivity contribution in [3.8, 4) is 5.13 Å². The molecule has 3 heterocycles. The van der Waals surface area contributed by atoms with E-state index < -0.39 is 27.8 Å². The maximum absolute atomic E-state index is 12.6. The quantitative estimate of drug-likeness (QED) is 0.635. The summed E-state index contributed by atoms with van der Waals surface area (Å²) in [6, 6.07) is 7.86. The molecular formula is C19H20N4O4S2. The molecule has 0 bridgehead atoms. The molecule has 3 aromatic rings. The Bertz CT molecular complexity index is 1170. The first-order chi connectivity index (χ1) is 13.8. The molecule has 29 heavy (non-hydrogen) atoms. The Hall–Kier alpha value is -2.72. The third kappa shape index (κ3) is 4.33. The molecule has 2 N–H and O–H groups in total. The minimum absolute atomic E-state index is 0.0504. The van der Waals surface area contributed by atoms with Crippen molar-refractivity contribution in [2.45, 2.75) is 25.4 Å². The van der Waals surface area contributed by atoms with Crippen molar-refractivity contribution in [2.24, 2.45) is 0 Å². The minimum Gasteiger partial charge on any atom is -0.351 e. The van der Waals surface area contributed by atoms with E-state index in [1.165, 1.54) is 11.3 Å². The predicted molar refractivity (Wildman–Crippen MR) is 111 cm³/mol. The van der Waals surface area contributed by atoms with Gasteiger partial charge in [-0.1, -0.05) is 11.3 Å². The zero-order chi connectivity index (χ0) is 20.6. The molecule has 1 saturated heterocycles. The Labute approximate surface area is 171 Å². The van der Waals surface area contributed by atoms with E-state index in [0.717, 1.165) is 15.3 Å². The van der Waals surface area contributed by atoms with Crippen molar-refractivity contribution in [1.29, 1.82) is 0 Å². The number of aromatic nitrogens is 2. The van der Waals surface area contributed by atoms with Gasteiger partial charge in [-0.25, -0.2) is 13.4 Å². The van der Waals surface area contributed by atoms with Crippen LogP contribution in [0.1, 0.15) is 23.7 Å². The molecule has 152 valence electrons. The predicted octanol–water partition coefficient (Wildman–Crippen LogP) is 1.51. The molecule has 4 rings (SSSR count). The smallest absolute Gasteiger partial charge is 0.251 e. The number of sulfone groups is 1. The van der Waals surface area contributed by atoms with Crippen molar-refractivity contribution < 1.29 is 18.0 Å². The molecule has 2 atom stereocenters. The largest absolute Gasteiger partial charge is 0.351 e. The molecule has 1 aromatic carbocycles. The first kappa shape index (κ1) is 19.6. The average molecular weight is 433 g/mol. The van der Waals surface area contributed by atoms with Gasteiger partial charge in [0.25, 0.3) is 5.91 Å². The fourth-order valence-electron chi connectivity index (χ4n) is 3.21. The molecule has 0 aliphatic carbocycles. The lowest BCUT2D eigenvalue weighted by molar-refractivity contribution is -0.123. The van der Waals surface area contributed by atoms with Gasteiger partial charge in [-0.3, -0.25) is 9.59 Å². The highest BCUT2D eigenvalue weighted by Gasteiger charge is 2.30. The van der Waals surface area contributed by atoms with Gasteiger partial charge in [0.1, 0.15) is 6.04 Å². The lowest BCUT2D eigenvalue weighted by atomic mass is 10.2. The molecule has 0 spiro atoms. The van der Waals surface area contributed by atoms with Crippen LogP contribution in [-0.4, -0.2) is 53.4 Å². The van der Waals surface area contributed by atoms with E-state index in [2.05, 4.69) is 15.6 Å². The van der Waals surface area contributed by atoms with Gasteiger partial charge in [-0.2, -0.15) is 0 Å². The van der Waals surface area contributed by atoms with E-state index in [1.54, 1.807) is 25.1 Å². The van der Waals surface area contributed by atoms with Crippen molar-refractivity contribution in [2.75, 3.05) is 11.5 Å². The van der Waals surface area contributed by atoms with Crippen molar-refractivity contribution in [3.63, 3.8) is 0 Å². The molecule has 1 aliphatic heterocycles. The standard InChI is InChI=1S/C19H20N4O4S2/c1-12(17(24)21-14-6-9-29(26,27)11-14)20-18(25)13-4-5-15-16(10-13)28-19(22-15)23-7-2-3-8-23/h2-5,7-8,10,12,14H,6,9,11H2,1H3,(H,20,25)(H,21,24)/t12-,14?/m0/s1. The van der Waals surface area contributed by atoms with E-state index in [-0.39, 0.29) is 17.4 Å². The van der Waals surface area contributed by atoms with Crippen LogP contribution in [0.15, 0.2) is 42.7 Å². The third-order valence-corrected chi connectivity index (χ3v) is 7.58. The first-order valence-electron chi connectivity index (χ1n) is 9.16. The Morgan fingerprint density at radius 2 is 2.03 bits per heavy atom. The summed E-state index contributed by atoms with van der Waals surface area (Å²) in [6.07, 6.45) is 4.21. The number of carbonyl (C=O) groups is 2. The SMILES string of the molecule is C[C@H](NC(=O)c1ccc2nc(-n3cccc3)sc2c1)C(=O)NC1CCS(=O)(=O)C1. The summed E-state index contributed by atoms with van der Waals surface area (Å²) in [5, 5.41) is 6.17. The van der Waals surface area contributed by atoms with Crippen LogP contribution >= 0.6 is 11.3 Å². The number of amides is 2. The number of hydrogen-bond donors (Lipinski definition) is 2. The van der Waals surface area contributed by atoms with E-state index in [0.29, 0.717) is 12.0 Å². The minimum atomic E-state index is -3.08. The van der Waals surface area contributed by atoms with E-state index in [4.69, 9.17) is 0 Å². The van der Waals surface area contributed by atoms with Crippen LogP contribution in [0.5, 0.6) is 0 Å². The van der Waals surface area contributed by atoms with Gasteiger partial charge in [0.2, 0.25) is 5.91 Å². The zero-order valence-corrected chi connectivity index (χ0v) is 17.3. The molecule has 0 radical (unpaired) electrons. The van der Waals surface area contributed by atoms with E-state index >= 15 is 0 Å². The summed E-state index contributed by atoms with van der Waals surface area (Å²) in [7, 11) is -3.08. The molecule has 8 nitrogen and oxygen atoms in total. The van der Waals surface area contributed by atoms with Crippen LogP contribution in [0.25, 0.3) is 15.3 Å². The number of rotatable bonds is 5. The molecule has 2 amide bonds. The Morgan fingerprint density at radius 3 is 2.72 bits per heavy atom. The fraction of sp³-hybridized carbons (Fsp3) is 0.316. The Morgan fingerprint density at radius 1 is 1.28 bits per heavy atom. The number of nitrogens with zero attached hydrogens (tertiary/aromatic N) is 2. The van der Waals surface area contributed by atoms with Crippen LogP contribution < -0.4 is 10.6 Å². The monoisotopic (exact) mass is 432 g/mol. The van der Waals surface area contributed by atoms with Crippen molar-refractivity contribution in [1.82, 2.24) is 20.2 Å². The maximum atomic E-state index is 12.6. The summed E-state index contributed by atoms with van der Waals surface area (Å²) >= 11 is 1.47. The zero-order valence-electron chi connectivity index (χ0n) is 15.7. The van der Waals surface area contributed by atoms with Crippen LogP contribution in [0, 0.1) is 0 Å².